The van der Waals surface area contributed by atoms with Gasteiger partial charge < -0.3 is 0 Å². The van der Waals surface area contributed by atoms with Crippen LogP contribution in [0.5, 0.6) is 0 Å². The second-order valence-corrected chi connectivity index (χ2v) is 3.23. The van der Waals surface area contributed by atoms with Crippen LogP contribution >= 0.6 is 0 Å². The van der Waals surface area contributed by atoms with Crippen LogP contribution in [0.3, 0.4) is 0 Å². The average molecular weight is 191 g/mol. The Balaban J connectivity index is 2.49. The van der Waals surface area contributed by atoms with Crippen LogP contribution in [0, 0.1) is 6.92 Å². The molecule has 0 N–H and O–H groups in total. The van der Waals surface area contributed by atoms with Crippen molar-refractivity contribution in [3.8, 4) is 11.5 Å². The Morgan fingerprint density at radius 2 is 2.14 bits per heavy atom. The Kier molecular flexibility index (Phi) is 2.07. The molecule has 0 aliphatic carbocycles. The third-order valence-electron chi connectivity index (χ3n) is 2.03. The molecular weight excluding hydrogens is 178 g/mol. The molecule has 0 unspecified atom stereocenters. The Morgan fingerprint density at radius 1 is 1.36 bits per heavy atom. The predicted molar refractivity (Wildman–Crippen MR) is 52.6 cm³/mol. The second-order valence-electron chi connectivity index (χ2n) is 3.23. The smallest absolute Gasteiger partial charge is 0.199 e. The molecule has 5 heteroatoms. The summed E-state index contributed by atoms with van der Waals surface area (Å²) in [5.74, 6) is 0.731. The van der Waals surface area contributed by atoms with Gasteiger partial charge in [0.05, 0.1) is 5.69 Å². The highest BCUT2D eigenvalue weighted by molar-refractivity contribution is 5.49. The molecule has 0 aromatic carbocycles. The average Bonchev–Trinajstić information content (AvgIpc) is 2.71. The maximum atomic E-state index is 4.34. The van der Waals surface area contributed by atoms with Crippen molar-refractivity contribution in [1.29, 1.82) is 0 Å². The van der Waals surface area contributed by atoms with Crippen molar-refractivity contribution >= 4 is 0 Å². The van der Waals surface area contributed by atoms with Crippen molar-refractivity contribution in [2.45, 2.75) is 20.4 Å². The van der Waals surface area contributed by atoms with Gasteiger partial charge in [-0.3, -0.25) is 9.36 Å². The van der Waals surface area contributed by atoms with Crippen molar-refractivity contribution in [1.82, 2.24) is 24.5 Å². The zero-order chi connectivity index (χ0) is 10.1. The molecule has 14 heavy (non-hydrogen) atoms. The van der Waals surface area contributed by atoms with Crippen LogP contribution in [0.1, 0.15) is 12.6 Å². The predicted octanol–water partition coefficient (Wildman–Crippen LogP) is 1.01. The maximum Gasteiger partial charge on any atom is 0.199 e. The van der Waals surface area contributed by atoms with Crippen molar-refractivity contribution < 1.29 is 0 Å². The second kappa shape index (κ2) is 3.25. The monoisotopic (exact) mass is 191 g/mol. The van der Waals surface area contributed by atoms with Crippen LogP contribution in [-0.4, -0.2) is 24.5 Å². The summed E-state index contributed by atoms with van der Waals surface area (Å²) in [6.07, 6.45) is 1.69. The lowest BCUT2D eigenvalue weighted by Gasteiger charge is -1.98. The summed E-state index contributed by atoms with van der Waals surface area (Å²) in [7, 11) is 1.86. The van der Waals surface area contributed by atoms with Crippen molar-refractivity contribution in [2.24, 2.45) is 7.05 Å². The van der Waals surface area contributed by atoms with Crippen molar-refractivity contribution in [3.05, 3.63) is 18.1 Å². The van der Waals surface area contributed by atoms with Gasteiger partial charge in [-0.1, -0.05) is 0 Å². The van der Waals surface area contributed by atoms with Crippen LogP contribution < -0.4 is 0 Å². The SMILES string of the molecule is CCn1nc(C)cc1-c1ncn(C)n1. The molecule has 0 atom stereocenters. The van der Waals surface area contributed by atoms with Gasteiger partial charge in [0.15, 0.2) is 5.82 Å². The van der Waals surface area contributed by atoms with E-state index in [1.807, 2.05) is 24.7 Å². The summed E-state index contributed by atoms with van der Waals surface area (Å²) >= 11 is 0. The Hall–Kier alpha value is -1.65. The first-order valence-electron chi connectivity index (χ1n) is 4.61. The Labute approximate surface area is 82.4 Å². The maximum absolute atomic E-state index is 4.34. The van der Waals surface area contributed by atoms with E-state index in [1.165, 1.54) is 0 Å². The topological polar surface area (TPSA) is 48.5 Å². The molecule has 0 spiro atoms. The lowest BCUT2D eigenvalue weighted by molar-refractivity contribution is 0.655. The Bertz CT molecular complexity index is 440. The van der Waals surface area contributed by atoms with Gasteiger partial charge in [0.2, 0.25) is 0 Å². The molecule has 0 bridgehead atoms. The third kappa shape index (κ3) is 1.41. The number of aryl methyl sites for hydroxylation is 3. The van der Waals surface area contributed by atoms with Crippen molar-refractivity contribution in [2.75, 3.05) is 0 Å². The fraction of sp³-hybridized carbons (Fsp3) is 0.444. The van der Waals surface area contributed by atoms with E-state index in [0.717, 1.165) is 23.8 Å². The fourth-order valence-electron chi connectivity index (χ4n) is 1.42. The number of hydrogen-bond donors (Lipinski definition) is 0. The zero-order valence-corrected chi connectivity index (χ0v) is 8.60. The molecule has 0 saturated carbocycles. The molecule has 0 saturated heterocycles. The first-order valence-corrected chi connectivity index (χ1v) is 4.61. The molecule has 2 rings (SSSR count). The van der Waals surface area contributed by atoms with E-state index >= 15 is 0 Å². The van der Waals surface area contributed by atoms with Gasteiger partial charge in [0, 0.05) is 13.6 Å². The highest BCUT2D eigenvalue weighted by Gasteiger charge is 2.09. The van der Waals surface area contributed by atoms with E-state index in [-0.39, 0.29) is 0 Å². The number of nitrogens with zero attached hydrogens (tertiary/aromatic N) is 5. The van der Waals surface area contributed by atoms with Crippen LogP contribution in [0.4, 0.5) is 0 Å². The molecule has 2 aromatic rings. The van der Waals surface area contributed by atoms with Gasteiger partial charge in [0.25, 0.3) is 0 Å². The molecule has 2 heterocycles. The highest BCUT2D eigenvalue weighted by atomic mass is 15.3. The van der Waals surface area contributed by atoms with Gasteiger partial charge in [-0.05, 0) is 19.9 Å². The Morgan fingerprint density at radius 3 is 2.71 bits per heavy atom. The molecule has 2 aromatic heterocycles. The van der Waals surface area contributed by atoms with E-state index < -0.39 is 0 Å². The fourth-order valence-corrected chi connectivity index (χ4v) is 1.42. The van der Waals surface area contributed by atoms with Crippen LogP contribution in [0.2, 0.25) is 0 Å². The first-order chi connectivity index (χ1) is 6.70. The summed E-state index contributed by atoms with van der Waals surface area (Å²) < 4.78 is 3.60. The lowest BCUT2D eigenvalue weighted by atomic mass is 10.3. The van der Waals surface area contributed by atoms with E-state index in [2.05, 4.69) is 22.1 Å². The van der Waals surface area contributed by atoms with Crippen molar-refractivity contribution in [3.63, 3.8) is 0 Å². The van der Waals surface area contributed by atoms with E-state index in [4.69, 9.17) is 0 Å². The number of aromatic nitrogens is 5. The zero-order valence-electron chi connectivity index (χ0n) is 8.60. The van der Waals surface area contributed by atoms with Gasteiger partial charge in [-0.2, -0.15) is 5.10 Å². The third-order valence-corrected chi connectivity index (χ3v) is 2.03. The minimum absolute atomic E-state index is 0.731. The molecule has 74 valence electrons. The van der Waals surface area contributed by atoms with Crippen LogP contribution in [-0.2, 0) is 13.6 Å². The quantitative estimate of drug-likeness (QED) is 0.711. The molecule has 0 fully saturated rings. The summed E-state index contributed by atoms with van der Waals surface area (Å²) in [5, 5.41) is 8.59. The normalized spacial score (nSPS) is 10.8. The molecule has 0 amide bonds. The largest absolute Gasteiger partial charge is 0.262 e. The summed E-state index contributed by atoms with van der Waals surface area (Å²) in [6, 6.07) is 2.00. The summed E-state index contributed by atoms with van der Waals surface area (Å²) in [5.41, 5.74) is 1.97. The lowest BCUT2D eigenvalue weighted by Crippen LogP contribution is -2.00. The molecule has 5 nitrogen and oxygen atoms in total. The number of hydrogen-bond acceptors (Lipinski definition) is 3. The molecular formula is C9H13N5. The van der Waals surface area contributed by atoms with Gasteiger partial charge >= 0.3 is 0 Å². The summed E-state index contributed by atoms with van der Waals surface area (Å²) in [4.78, 5) is 4.20. The van der Waals surface area contributed by atoms with E-state index in [0.29, 0.717) is 0 Å². The minimum atomic E-state index is 0.731. The van der Waals surface area contributed by atoms with E-state index in [1.54, 1.807) is 11.0 Å². The minimum Gasteiger partial charge on any atom is -0.262 e. The molecule has 0 radical (unpaired) electrons. The summed E-state index contributed by atoms with van der Waals surface area (Å²) in [6.45, 7) is 4.86. The van der Waals surface area contributed by atoms with Gasteiger partial charge in [0.1, 0.15) is 12.0 Å². The van der Waals surface area contributed by atoms with Gasteiger partial charge in [-0.25, -0.2) is 4.98 Å². The van der Waals surface area contributed by atoms with Gasteiger partial charge in [-0.15, -0.1) is 5.10 Å². The number of rotatable bonds is 2. The standard InChI is InChI=1S/C9H13N5/c1-4-14-8(5-7(2)11-14)9-10-6-13(3)12-9/h5-6H,4H2,1-3H3. The molecule has 0 aliphatic heterocycles. The molecule has 0 aliphatic rings. The first kappa shape index (κ1) is 8.93. The van der Waals surface area contributed by atoms with Crippen LogP contribution in [0.25, 0.3) is 11.5 Å². The van der Waals surface area contributed by atoms with E-state index in [9.17, 15) is 0 Å². The highest BCUT2D eigenvalue weighted by Crippen LogP contribution is 2.15. The van der Waals surface area contributed by atoms with Crippen LogP contribution in [0.15, 0.2) is 12.4 Å².